The number of nitrogens with zero attached hydrogens (tertiary/aromatic N) is 2. The first-order valence-corrected chi connectivity index (χ1v) is 9.86. The molecule has 0 amide bonds. The van der Waals surface area contributed by atoms with Crippen molar-refractivity contribution in [2.24, 2.45) is 0 Å². The maximum absolute atomic E-state index is 5.50. The van der Waals surface area contributed by atoms with Gasteiger partial charge in [-0.2, -0.15) is 4.98 Å². The summed E-state index contributed by atoms with van der Waals surface area (Å²) in [5.41, 5.74) is 3.23. The molecule has 0 bridgehead atoms. The second kappa shape index (κ2) is 6.56. The van der Waals surface area contributed by atoms with Gasteiger partial charge in [0.15, 0.2) is 5.82 Å². The Hall–Kier alpha value is -3.46. The van der Waals surface area contributed by atoms with Crippen molar-refractivity contribution >= 4 is 21.5 Å². The van der Waals surface area contributed by atoms with E-state index in [1.807, 2.05) is 0 Å². The van der Waals surface area contributed by atoms with Crippen LogP contribution in [0.3, 0.4) is 0 Å². The van der Waals surface area contributed by atoms with E-state index >= 15 is 0 Å². The minimum Gasteiger partial charge on any atom is -0.334 e. The summed E-state index contributed by atoms with van der Waals surface area (Å²) in [6, 6.07) is 27.8. The average Bonchev–Trinajstić information content (AvgIpc) is 3.23. The average molecular weight is 378 g/mol. The standard InChI is InChI=1S/C26H22N2O/c1-26(2,3)25-27-24(29-28-25)18-14-12-17(13-15-18)23-21-10-6-4-8-19(21)16-20-9-5-7-11-22(20)23/h4-16H,1-3H3. The van der Waals surface area contributed by atoms with Gasteiger partial charge in [-0.25, -0.2) is 0 Å². The lowest BCUT2D eigenvalue weighted by Gasteiger charge is -2.12. The molecular formula is C26H22N2O. The lowest BCUT2D eigenvalue weighted by atomic mass is 9.92. The second-order valence-electron chi connectivity index (χ2n) is 8.44. The van der Waals surface area contributed by atoms with E-state index in [-0.39, 0.29) is 5.41 Å². The molecule has 1 heterocycles. The summed E-state index contributed by atoms with van der Waals surface area (Å²) in [4.78, 5) is 4.58. The summed E-state index contributed by atoms with van der Waals surface area (Å²) in [7, 11) is 0. The molecule has 142 valence electrons. The van der Waals surface area contributed by atoms with Crippen molar-refractivity contribution in [3.05, 3.63) is 84.7 Å². The molecule has 0 saturated heterocycles. The van der Waals surface area contributed by atoms with Crippen LogP contribution in [0.15, 0.2) is 83.4 Å². The maximum Gasteiger partial charge on any atom is 0.257 e. The molecule has 3 nitrogen and oxygen atoms in total. The number of hydrogen-bond donors (Lipinski definition) is 0. The summed E-state index contributed by atoms with van der Waals surface area (Å²) < 4.78 is 5.50. The van der Waals surface area contributed by atoms with Gasteiger partial charge in [-0.1, -0.05) is 86.6 Å². The summed E-state index contributed by atoms with van der Waals surface area (Å²) in [5.74, 6) is 1.28. The molecule has 0 atom stereocenters. The van der Waals surface area contributed by atoms with Gasteiger partial charge in [-0.05, 0) is 50.9 Å². The second-order valence-corrected chi connectivity index (χ2v) is 8.44. The molecule has 5 aromatic rings. The maximum atomic E-state index is 5.50. The summed E-state index contributed by atoms with van der Waals surface area (Å²) in [5, 5.41) is 9.15. The highest BCUT2D eigenvalue weighted by Crippen LogP contribution is 2.37. The van der Waals surface area contributed by atoms with Crippen LogP contribution in [0.4, 0.5) is 0 Å². The third kappa shape index (κ3) is 3.09. The van der Waals surface area contributed by atoms with Crippen molar-refractivity contribution in [1.29, 1.82) is 0 Å². The Bertz CT molecular complexity index is 1270. The van der Waals surface area contributed by atoms with Crippen molar-refractivity contribution < 1.29 is 4.52 Å². The molecule has 0 radical (unpaired) electrons. The molecule has 0 aliphatic heterocycles. The molecule has 4 aromatic carbocycles. The summed E-state index contributed by atoms with van der Waals surface area (Å²) in [6.45, 7) is 6.24. The van der Waals surface area contributed by atoms with E-state index in [0.29, 0.717) is 5.89 Å². The number of rotatable bonds is 2. The minimum absolute atomic E-state index is 0.135. The first-order valence-electron chi connectivity index (χ1n) is 9.86. The van der Waals surface area contributed by atoms with E-state index < -0.39 is 0 Å². The molecular weight excluding hydrogens is 356 g/mol. The monoisotopic (exact) mass is 378 g/mol. The zero-order valence-electron chi connectivity index (χ0n) is 16.8. The predicted octanol–water partition coefficient (Wildman–Crippen LogP) is 7.01. The van der Waals surface area contributed by atoms with E-state index in [1.165, 1.54) is 32.7 Å². The molecule has 0 saturated carbocycles. The third-order valence-electron chi connectivity index (χ3n) is 5.29. The molecule has 0 spiro atoms. The fourth-order valence-electron chi connectivity index (χ4n) is 3.75. The van der Waals surface area contributed by atoms with Gasteiger partial charge in [0.25, 0.3) is 5.89 Å². The quantitative estimate of drug-likeness (QED) is 0.310. The van der Waals surface area contributed by atoms with Crippen molar-refractivity contribution in [3.8, 4) is 22.6 Å². The Morgan fingerprint density at radius 2 is 1.24 bits per heavy atom. The topological polar surface area (TPSA) is 38.9 Å². The van der Waals surface area contributed by atoms with Gasteiger partial charge in [0.2, 0.25) is 0 Å². The van der Waals surface area contributed by atoms with Gasteiger partial charge in [-0.15, -0.1) is 0 Å². The van der Waals surface area contributed by atoms with Gasteiger partial charge in [0.1, 0.15) is 0 Å². The molecule has 29 heavy (non-hydrogen) atoms. The highest BCUT2D eigenvalue weighted by atomic mass is 16.5. The first-order chi connectivity index (χ1) is 14.0. The predicted molar refractivity (Wildman–Crippen MR) is 119 cm³/mol. The zero-order valence-corrected chi connectivity index (χ0v) is 16.8. The van der Waals surface area contributed by atoms with Crippen LogP contribution >= 0.6 is 0 Å². The molecule has 1 aromatic heterocycles. The van der Waals surface area contributed by atoms with E-state index in [1.54, 1.807) is 0 Å². The van der Waals surface area contributed by atoms with Crippen molar-refractivity contribution in [1.82, 2.24) is 10.1 Å². The summed E-state index contributed by atoms with van der Waals surface area (Å²) in [6.07, 6.45) is 0. The van der Waals surface area contributed by atoms with Crippen LogP contribution in [0.1, 0.15) is 26.6 Å². The number of hydrogen-bond acceptors (Lipinski definition) is 3. The van der Waals surface area contributed by atoms with E-state index in [2.05, 4.69) is 110 Å². The lowest BCUT2D eigenvalue weighted by molar-refractivity contribution is 0.402. The summed E-state index contributed by atoms with van der Waals surface area (Å²) >= 11 is 0. The Morgan fingerprint density at radius 1 is 0.690 bits per heavy atom. The van der Waals surface area contributed by atoms with E-state index in [4.69, 9.17) is 4.52 Å². The Morgan fingerprint density at radius 3 is 1.79 bits per heavy atom. The van der Waals surface area contributed by atoms with Crippen LogP contribution in [0, 0.1) is 0 Å². The first kappa shape index (κ1) is 17.6. The SMILES string of the molecule is CC(C)(C)c1noc(-c2ccc(-c3c4ccccc4cc4ccccc34)cc2)n1. The normalized spacial score (nSPS) is 12.0. The van der Waals surface area contributed by atoms with Gasteiger partial charge in [0.05, 0.1) is 0 Å². The Kier molecular flexibility index (Phi) is 3.99. The molecule has 0 aliphatic rings. The van der Waals surface area contributed by atoms with Crippen molar-refractivity contribution in [3.63, 3.8) is 0 Å². The van der Waals surface area contributed by atoms with Gasteiger partial charge in [-0.3, -0.25) is 0 Å². The van der Waals surface area contributed by atoms with Crippen LogP contribution in [-0.2, 0) is 5.41 Å². The zero-order chi connectivity index (χ0) is 20.0. The van der Waals surface area contributed by atoms with Crippen LogP contribution < -0.4 is 0 Å². The number of aromatic nitrogens is 2. The lowest BCUT2D eigenvalue weighted by Crippen LogP contribution is -2.13. The van der Waals surface area contributed by atoms with Gasteiger partial charge in [0, 0.05) is 11.0 Å². The highest BCUT2D eigenvalue weighted by molar-refractivity contribution is 6.12. The van der Waals surface area contributed by atoms with Crippen LogP contribution in [-0.4, -0.2) is 10.1 Å². The highest BCUT2D eigenvalue weighted by Gasteiger charge is 2.21. The number of fused-ring (bicyclic) bond motifs is 2. The van der Waals surface area contributed by atoms with Gasteiger partial charge < -0.3 is 4.52 Å². The minimum atomic E-state index is -0.135. The molecule has 0 N–H and O–H groups in total. The van der Waals surface area contributed by atoms with Crippen LogP contribution in [0.25, 0.3) is 44.1 Å². The van der Waals surface area contributed by atoms with Crippen LogP contribution in [0.2, 0.25) is 0 Å². The molecule has 3 heteroatoms. The van der Waals surface area contributed by atoms with Crippen molar-refractivity contribution in [2.75, 3.05) is 0 Å². The van der Waals surface area contributed by atoms with E-state index in [0.717, 1.165) is 11.4 Å². The largest absolute Gasteiger partial charge is 0.334 e. The number of benzene rings is 4. The third-order valence-corrected chi connectivity index (χ3v) is 5.29. The Balaban J connectivity index is 1.65. The smallest absolute Gasteiger partial charge is 0.257 e. The molecule has 0 aliphatic carbocycles. The van der Waals surface area contributed by atoms with E-state index in [9.17, 15) is 0 Å². The Labute approximate surface area is 170 Å². The molecule has 0 unspecified atom stereocenters. The molecule has 0 fully saturated rings. The van der Waals surface area contributed by atoms with Crippen molar-refractivity contribution in [2.45, 2.75) is 26.2 Å². The fraction of sp³-hybridized carbons (Fsp3) is 0.154. The van der Waals surface area contributed by atoms with Gasteiger partial charge >= 0.3 is 0 Å². The van der Waals surface area contributed by atoms with Crippen LogP contribution in [0.5, 0.6) is 0 Å². The molecule has 5 rings (SSSR count). The fourth-order valence-corrected chi connectivity index (χ4v) is 3.75.